The topological polar surface area (TPSA) is 58.2 Å². The van der Waals surface area contributed by atoms with Crippen molar-refractivity contribution in [1.82, 2.24) is 15.1 Å². The van der Waals surface area contributed by atoms with Crippen LogP contribution in [0.1, 0.15) is 31.0 Å². The van der Waals surface area contributed by atoms with Gasteiger partial charge in [-0.25, -0.2) is 0 Å². The number of H-pyrrole nitrogens is 1. The third kappa shape index (κ3) is 4.04. The third-order valence-corrected chi connectivity index (χ3v) is 5.27. The number of rotatable bonds is 6. The van der Waals surface area contributed by atoms with Crippen LogP contribution in [0.4, 0.5) is 0 Å². The molecule has 3 aromatic rings. The maximum Gasteiger partial charge on any atom is 0.226 e. The molecule has 1 atom stereocenters. The second kappa shape index (κ2) is 8.48. The van der Waals surface area contributed by atoms with Gasteiger partial charge in [0.2, 0.25) is 5.91 Å². The zero-order chi connectivity index (χ0) is 19.3. The van der Waals surface area contributed by atoms with Crippen LogP contribution in [0.25, 0.3) is 11.1 Å². The smallest absolute Gasteiger partial charge is 0.226 e. The largest absolute Gasteiger partial charge is 0.493 e. The molecule has 1 aliphatic rings. The van der Waals surface area contributed by atoms with E-state index in [1.165, 1.54) is 0 Å². The normalized spacial score (nSPS) is 16.3. The number of carbonyl (C=O) groups is 1. The Morgan fingerprint density at radius 3 is 2.89 bits per heavy atom. The van der Waals surface area contributed by atoms with Crippen LogP contribution in [0.5, 0.6) is 5.75 Å². The molecule has 1 N–H and O–H groups in total. The zero-order valence-electron chi connectivity index (χ0n) is 15.5. The molecule has 1 aromatic heterocycles. The Labute approximate surface area is 169 Å². The molecule has 1 aliphatic heterocycles. The maximum atomic E-state index is 12.8. The van der Waals surface area contributed by atoms with E-state index in [0.717, 1.165) is 42.0 Å². The average Bonchev–Trinajstić information content (AvgIpc) is 3.38. The molecule has 0 unspecified atom stereocenters. The van der Waals surface area contributed by atoms with Crippen molar-refractivity contribution in [3.8, 4) is 16.9 Å². The summed E-state index contributed by atoms with van der Waals surface area (Å²) < 4.78 is 5.69. The quantitative estimate of drug-likeness (QED) is 0.648. The van der Waals surface area contributed by atoms with Gasteiger partial charge in [0.05, 0.1) is 31.0 Å². The Morgan fingerprint density at radius 1 is 1.21 bits per heavy atom. The molecule has 144 valence electrons. The number of hydrogen-bond donors (Lipinski definition) is 1. The highest BCUT2D eigenvalue weighted by Crippen LogP contribution is 2.37. The monoisotopic (exact) mass is 395 g/mol. The number of nitrogens with zero attached hydrogens (tertiary/aromatic N) is 2. The second-order valence-corrected chi connectivity index (χ2v) is 7.30. The molecule has 0 radical (unpaired) electrons. The van der Waals surface area contributed by atoms with Crippen molar-refractivity contribution in [2.24, 2.45) is 0 Å². The first-order valence-corrected chi connectivity index (χ1v) is 9.86. The van der Waals surface area contributed by atoms with Crippen molar-refractivity contribution >= 4 is 17.5 Å². The average molecular weight is 396 g/mol. The van der Waals surface area contributed by atoms with Gasteiger partial charge >= 0.3 is 0 Å². The lowest BCUT2D eigenvalue weighted by Crippen LogP contribution is -2.32. The van der Waals surface area contributed by atoms with Gasteiger partial charge < -0.3 is 9.64 Å². The van der Waals surface area contributed by atoms with Gasteiger partial charge in [-0.2, -0.15) is 5.10 Å². The fourth-order valence-corrected chi connectivity index (χ4v) is 3.91. The van der Waals surface area contributed by atoms with E-state index in [1.54, 1.807) is 6.20 Å². The fourth-order valence-electron chi connectivity index (χ4n) is 3.72. The molecule has 28 heavy (non-hydrogen) atoms. The number of aromatic nitrogens is 2. The van der Waals surface area contributed by atoms with Crippen molar-refractivity contribution < 1.29 is 9.53 Å². The lowest BCUT2D eigenvalue weighted by atomic mass is 10.0. The van der Waals surface area contributed by atoms with Crippen LogP contribution in [-0.4, -0.2) is 34.2 Å². The summed E-state index contributed by atoms with van der Waals surface area (Å²) in [6, 6.07) is 17.3. The Kier molecular flexibility index (Phi) is 5.63. The van der Waals surface area contributed by atoms with Crippen molar-refractivity contribution in [1.29, 1.82) is 0 Å². The predicted octanol–water partition coefficient (Wildman–Crippen LogP) is 4.86. The maximum absolute atomic E-state index is 12.8. The number of aromatic amines is 1. The molecule has 5 nitrogen and oxygen atoms in total. The van der Waals surface area contributed by atoms with E-state index in [-0.39, 0.29) is 11.9 Å². The van der Waals surface area contributed by atoms with Gasteiger partial charge in [-0.05, 0) is 42.7 Å². The minimum atomic E-state index is 0.000655. The number of nitrogens with one attached hydrogen (secondary N) is 1. The highest BCUT2D eigenvalue weighted by atomic mass is 35.5. The Bertz CT molecular complexity index is 942. The summed E-state index contributed by atoms with van der Waals surface area (Å²) in [7, 11) is 0. The van der Waals surface area contributed by atoms with Crippen LogP contribution in [-0.2, 0) is 4.79 Å². The summed E-state index contributed by atoms with van der Waals surface area (Å²) in [6.07, 6.45) is 4.05. The van der Waals surface area contributed by atoms with E-state index >= 15 is 0 Å². The first kappa shape index (κ1) is 18.6. The van der Waals surface area contributed by atoms with E-state index < -0.39 is 0 Å². The number of ether oxygens (including phenoxy) is 1. The van der Waals surface area contributed by atoms with E-state index in [0.29, 0.717) is 18.1 Å². The van der Waals surface area contributed by atoms with Crippen molar-refractivity contribution in [2.45, 2.75) is 25.3 Å². The van der Waals surface area contributed by atoms with Crippen LogP contribution in [0.15, 0.2) is 60.8 Å². The molecule has 0 saturated carbocycles. The molecule has 4 rings (SSSR count). The molecule has 0 aliphatic carbocycles. The summed E-state index contributed by atoms with van der Waals surface area (Å²) in [5.74, 6) is 0.884. The second-order valence-electron chi connectivity index (χ2n) is 6.86. The molecule has 1 saturated heterocycles. The molecule has 1 fully saturated rings. The van der Waals surface area contributed by atoms with Gasteiger partial charge in [-0.3, -0.25) is 9.89 Å². The number of amides is 1. The Balaban J connectivity index is 1.45. The van der Waals surface area contributed by atoms with E-state index in [4.69, 9.17) is 16.3 Å². The van der Waals surface area contributed by atoms with Crippen LogP contribution in [0.3, 0.4) is 0 Å². The number of hydrogen-bond acceptors (Lipinski definition) is 3. The van der Waals surface area contributed by atoms with Gasteiger partial charge in [-0.1, -0.05) is 41.9 Å². The summed E-state index contributed by atoms with van der Waals surface area (Å²) in [5.41, 5.74) is 2.97. The molecule has 6 heteroatoms. The highest BCUT2D eigenvalue weighted by Gasteiger charge is 2.32. The molecule has 0 spiro atoms. The molecule has 1 amide bonds. The number of carbonyl (C=O) groups excluding carboxylic acids is 1. The molecular weight excluding hydrogens is 374 g/mol. The van der Waals surface area contributed by atoms with Crippen LogP contribution < -0.4 is 4.74 Å². The standard InChI is InChI=1S/C22H22ClN3O2/c23-17-7-4-6-16(14-17)19-15-24-25-22(19)20-10-5-12-26(20)21(27)11-13-28-18-8-2-1-3-9-18/h1-4,6-9,14-15,20H,5,10-13H2,(H,24,25)/t20-/m1/s1. The summed E-state index contributed by atoms with van der Waals surface area (Å²) in [6.45, 7) is 1.12. The molecule has 0 bridgehead atoms. The van der Waals surface area contributed by atoms with Crippen LogP contribution in [0.2, 0.25) is 5.02 Å². The van der Waals surface area contributed by atoms with Crippen LogP contribution >= 0.6 is 11.6 Å². The van der Waals surface area contributed by atoms with Gasteiger partial charge in [0.25, 0.3) is 0 Å². The van der Waals surface area contributed by atoms with Crippen LogP contribution in [0, 0.1) is 0 Å². The Morgan fingerprint density at radius 2 is 2.07 bits per heavy atom. The third-order valence-electron chi connectivity index (χ3n) is 5.04. The van der Waals surface area contributed by atoms with E-state index in [2.05, 4.69) is 10.2 Å². The summed E-state index contributed by atoms with van der Waals surface area (Å²) in [5, 5.41) is 8.03. The lowest BCUT2D eigenvalue weighted by Gasteiger charge is -2.25. The first-order valence-electron chi connectivity index (χ1n) is 9.49. The number of likely N-dealkylation sites (tertiary alicyclic amines) is 1. The first-order chi connectivity index (χ1) is 13.7. The molecule has 2 heterocycles. The minimum Gasteiger partial charge on any atom is -0.493 e. The van der Waals surface area contributed by atoms with Gasteiger partial charge in [-0.15, -0.1) is 0 Å². The highest BCUT2D eigenvalue weighted by molar-refractivity contribution is 6.30. The number of benzene rings is 2. The Hall–Kier alpha value is -2.79. The molecular formula is C22H22ClN3O2. The summed E-state index contributed by atoms with van der Waals surface area (Å²) in [4.78, 5) is 14.8. The lowest BCUT2D eigenvalue weighted by molar-refractivity contribution is -0.132. The van der Waals surface area contributed by atoms with Crippen molar-refractivity contribution in [3.63, 3.8) is 0 Å². The van der Waals surface area contributed by atoms with Gasteiger partial charge in [0.15, 0.2) is 0 Å². The fraction of sp³-hybridized carbons (Fsp3) is 0.273. The van der Waals surface area contributed by atoms with Crippen molar-refractivity contribution in [2.75, 3.05) is 13.2 Å². The van der Waals surface area contributed by atoms with Gasteiger partial charge in [0.1, 0.15) is 5.75 Å². The number of para-hydroxylation sites is 1. The SMILES string of the molecule is O=C(CCOc1ccccc1)N1CCC[C@@H]1c1[nH]ncc1-c1cccc(Cl)c1. The van der Waals surface area contributed by atoms with Gasteiger partial charge in [0, 0.05) is 17.1 Å². The van der Waals surface area contributed by atoms with Crippen molar-refractivity contribution in [3.05, 3.63) is 71.5 Å². The molecule has 2 aromatic carbocycles. The number of halogens is 1. The van der Waals surface area contributed by atoms with E-state index in [9.17, 15) is 4.79 Å². The summed E-state index contributed by atoms with van der Waals surface area (Å²) >= 11 is 6.15. The zero-order valence-corrected chi connectivity index (χ0v) is 16.2. The predicted molar refractivity (Wildman–Crippen MR) is 109 cm³/mol. The van der Waals surface area contributed by atoms with E-state index in [1.807, 2.05) is 59.5 Å². The minimum absolute atomic E-state index is 0.000655.